The summed E-state index contributed by atoms with van der Waals surface area (Å²) in [4.78, 5) is 42.1. The Labute approximate surface area is 153 Å². The third-order valence-electron chi connectivity index (χ3n) is 4.22. The van der Waals surface area contributed by atoms with Crippen molar-refractivity contribution in [3.63, 3.8) is 0 Å². The lowest BCUT2D eigenvalue weighted by Crippen LogP contribution is -2.33. The maximum absolute atomic E-state index is 12.5. The molecule has 27 heavy (non-hydrogen) atoms. The van der Waals surface area contributed by atoms with Crippen LogP contribution in [0.1, 0.15) is 21.9 Å². The third kappa shape index (κ3) is 3.46. The van der Waals surface area contributed by atoms with E-state index in [0.717, 1.165) is 0 Å². The Morgan fingerprint density at radius 2 is 2.11 bits per heavy atom. The number of carbonyl (C=O) groups is 2. The normalized spacial score (nSPS) is 11.0. The average molecular weight is 373 g/mol. The molecule has 3 aromatic heterocycles. The molecule has 0 saturated carbocycles. The van der Waals surface area contributed by atoms with Crippen molar-refractivity contribution in [2.24, 2.45) is 7.05 Å². The molecule has 0 aliphatic carbocycles. The van der Waals surface area contributed by atoms with Gasteiger partial charge in [-0.25, -0.2) is 9.78 Å². The second kappa shape index (κ2) is 7.06. The van der Waals surface area contributed by atoms with Crippen LogP contribution in [0.4, 0.5) is 0 Å². The van der Waals surface area contributed by atoms with Crippen molar-refractivity contribution in [2.75, 3.05) is 14.2 Å². The molecule has 0 unspecified atom stereocenters. The lowest BCUT2D eigenvalue weighted by Gasteiger charge is -2.16. The molecular formula is C17H19N5O5. The summed E-state index contributed by atoms with van der Waals surface area (Å²) in [6.45, 7) is 1.62. The lowest BCUT2D eigenvalue weighted by molar-refractivity contribution is -0.131. The van der Waals surface area contributed by atoms with Crippen LogP contribution in [-0.2, 0) is 29.7 Å². The first-order valence-electron chi connectivity index (χ1n) is 8.10. The van der Waals surface area contributed by atoms with Gasteiger partial charge in [-0.1, -0.05) is 0 Å². The zero-order valence-corrected chi connectivity index (χ0v) is 15.4. The number of aromatic nitrogens is 4. The van der Waals surface area contributed by atoms with Crippen molar-refractivity contribution in [2.45, 2.75) is 20.0 Å². The summed E-state index contributed by atoms with van der Waals surface area (Å²) in [5.74, 6) is 0.0479. The average Bonchev–Trinajstić information content (AvgIpc) is 3.19. The van der Waals surface area contributed by atoms with Crippen LogP contribution in [-0.4, -0.2) is 50.3 Å². The van der Waals surface area contributed by atoms with E-state index in [2.05, 4.69) is 14.8 Å². The second-order valence-corrected chi connectivity index (χ2v) is 6.11. The Bertz CT molecular complexity index is 1080. The summed E-state index contributed by atoms with van der Waals surface area (Å²) in [5, 5.41) is 4.34. The Morgan fingerprint density at radius 3 is 2.81 bits per heavy atom. The molecular weight excluding hydrogens is 354 g/mol. The van der Waals surface area contributed by atoms with Crippen molar-refractivity contribution in [1.82, 2.24) is 24.2 Å². The van der Waals surface area contributed by atoms with Crippen LogP contribution in [0.3, 0.4) is 0 Å². The number of ether oxygens (including phenoxy) is 1. The van der Waals surface area contributed by atoms with E-state index in [0.29, 0.717) is 28.1 Å². The number of hydrogen-bond acceptors (Lipinski definition) is 7. The number of fused-ring (bicyclic) bond motifs is 1. The van der Waals surface area contributed by atoms with E-state index in [1.54, 1.807) is 27.1 Å². The number of methoxy groups -OCH3 is 1. The molecule has 1 amide bonds. The molecule has 3 rings (SSSR count). The van der Waals surface area contributed by atoms with Crippen LogP contribution in [0.2, 0.25) is 0 Å². The SMILES string of the molecule is COC(=O)c1cc(CN(C)C(=O)Cn2cnc3c(cnn3C)c2=O)oc1C. The topological polar surface area (TPSA) is 112 Å². The molecule has 10 nitrogen and oxygen atoms in total. The van der Waals surface area contributed by atoms with E-state index in [1.165, 1.54) is 33.8 Å². The highest BCUT2D eigenvalue weighted by molar-refractivity contribution is 5.90. The number of amides is 1. The third-order valence-corrected chi connectivity index (χ3v) is 4.22. The molecule has 0 fully saturated rings. The van der Waals surface area contributed by atoms with Crippen LogP contribution in [0, 0.1) is 6.92 Å². The van der Waals surface area contributed by atoms with Gasteiger partial charge in [-0.2, -0.15) is 5.10 Å². The van der Waals surface area contributed by atoms with Gasteiger partial charge in [0.15, 0.2) is 5.65 Å². The van der Waals surface area contributed by atoms with Crippen molar-refractivity contribution >= 4 is 22.9 Å². The van der Waals surface area contributed by atoms with Crippen molar-refractivity contribution < 1.29 is 18.7 Å². The molecule has 0 aromatic carbocycles. The second-order valence-electron chi connectivity index (χ2n) is 6.11. The van der Waals surface area contributed by atoms with E-state index >= 15 is 0 Å². The summed E-state index contributed by atoms with van der Waals surface area (Å²) >= 11 is 0. The smallest absolute Gasteiger partial charge is 0.341 e. The minimum Gasteiger partial charge on any atom is -0.465 e. The lowest BCUT2D eigenvalue weighted by atomic mass is 10.2. The van der Waals surface area contributed by atoms with Crippen LogP contribution in [0.25, 0.3) is 11.0 Å². The first kappa shape index (κ1) is 18.4. The standard InChI is InChI=1S/C17H19N5O5/c1-10-12(17(25)26-4)5-11(27-10)7-20(2)14(23)8-22-9-18-15-13(16(22)24)6-19-21(15)3/h5-6,9H,7-8H2,1-4H3. The Morgan fingerprint density at radius 1 is 1.37 bits per heavy atom. The minimum atomic E-state index is -0.501. The molecule has 3 heterocycles. The number of carbonyl (C=O) groups excluding carboxylic acids is 2. The zero-order chi connectivity index (χ0) is 19.7. The zero-order valence-electron chi connectivity index (χ0n) is 15.4. The highest BCUT2D eigenvalue weighted by Crippen LogP contribution is 2.17. The number of likely N-dealkylation sites (N-methyl/N-ethyl adjacent to an activating group) is 1. The highest BCUT2D eigenvalue weighted by atomic mass is 16.5. The fourth-order valence-electron chi connectivity index (χ4n) is 2.70. The fourth-order valence-corrected chi connectivity index (χ4v) is 2.70. The Hall–Kier alpha value is -3.43. The predicted octanol–water partition coefficient (Wildman–Crippen LogP) is 0.477. The van der Waals surface area contributed by atoms with E-state index in [4.69, 9.17) is 4.42 Å². The molecule has 0 spiro atoms. The number of esters is 1. The highest BCUT2D eigenvalue weighted by Gasteiger charge is 2.19. The van der Waals surface area contributed by atoms with Gasteiger partial charge in [0.05, 0.1) is 19.9 Å². The van der Waals surface area contributed by atoms with Crippen LogP contribution in [0.5, 0.6) is 0 Å². The summed E-state index contributed by atoms with van der Waals surface area (Å²) in [6.07, 6.45) is 2.75. The molecule has 3 aromatic rings. The van der Waals surface area contributed by atoms with Crippen LogP contribution < -0.4 is 5.56 Å². The quantitative estimate of drug-likeness (QED) is 0.598. The molecule has 0 atom stereocenters. The van der Waals surface area contributed by atoms with Crippen LogP contribution in [0.15, 0.2) is 27.8 Å². The molecule has 10 heteroatoms. The van der Waals surface area contributed by atoms with Crippen molar-refractivity contribution in [1.29, 1.82) is 0 Å². The number of nitrogens with zero attached hydrogens (tertiary/aromatic N) is 5. The molecule has 0 aliphatic heterocycles. The maximum Gasteiger partial charge on any atom is 0.341 e. The summed E-state index contributed by atoms with van der Waals surface area (Å²) in [7, 11) is 4.56. The largest absolute Gasteiger partial charge is 0.465 e. The molecule has 0 saturated heterocycles. The summed E-state index contributed by atoms with van der Waals surface area (Å²) in [5.41, 5.74) is 0.436. The molecule has 0 N–H and O–H groups in total. The minimum absolute atomic E-state index is 0.147. The summed E-state index contributed by atoms with van der Waals surface area (Å²) < 4.78 is 12.9. The first-order chi connectivity index (χ1) is 12.8. The molecule has 0 radical (unpaired) electrons. The van der Waals surface area contributed by atoms with Gasteiger partial charge in [0.25, 0.3) is 5.56 Å². The fraction of sp³-hybridized carbons (Fsp3) is 0.353. The van der Waals surface area contributed by atoms with Gasteiger partial charge in [0.2, 0.25) is 5.91 Å². The van der Waals surface area contributed by atoms with Gasteiger partial charge in [-0.15, -0.1) is 0 Å². The van der Waals surface area contributed by atoms with Crippen LogP contribution >= 0.6 is 0 Å². The van der Waals surface area contributed by atoms with E-state index in [9.17, 15) is 14.4 Å². The van der Waals surface area contributed by atoms with E-state index in [-0.39, 0.29) is 24.6 Å². The van der Waals surface area contributed by atoms with Gasteiger partial charge in [0, 0.05) is 14.1 Å². The maximum atomic E-state index is 12.5. The first-order valence-corrected chi connectivity index (χ1v) is 8.10. The van der Waals surface area contributed by atoms with Crippen molar-refractivity contribution in [3.05, 3.63) is 46.0 Å². The van der Waals surface area contributed by atoms with Gasteiger partial charge >= 0.3 is 5.97 Å². The number of rotatable bonds is 5. The molecule has 0 bridgehead atoms. The monoisotopic (exact) mass is 373 g/mol. The van der Waals surface area contributed by atoms with Gasteiger partial charge < -0.3 is 14.1 Å². The number of aryl methyl sites for hydroxylation is 2. The Kier molecular flexibility index (Phi) is 4.80. The van der Waals surface area contributed by atoms with Gasteiger partial charge in [-0.3, -0.25) is 18.8 Å². The number of hydrogen-bond donors (Lipinski definition) is 0. The number of furan rings is 1. The molecule has 0 aliphatic rings. The van der Waals surface area contributed by atoms with Gasteiger partial charge in [0.1, 0.15) is 35.3 Å². The van der Waals surface area contributed by atoms with Gasteiger partial charge in [-0.05, 0) is 13.0 Å². The van der Waals surface area contributed by atoms with E-state index < -0.39 is 5.97 Å². The summed E-state index contributed by atoms with van der Waals surface area (Å²) in [6, 6.07) is 1.54. The van der Waals surface area contributed by atoms with E-state index in [1.807, 2.05) is 0 Å². The van der Waals surface area contributed by atoms with Crippen molar-refractivity contribution in [3.8, 4) is 0 Å². The Balaban J connectivity index is 1.74. The predicted molar refractivity (Wildman–Crippen MR) is 94.0 cm³/mol. The molecule has 142 valence electrons.